The maximum atomic E-state index is 11.0. The molecular formula is C10H13ClN4O2. The lowest BCUT2D eigenvalue weighted by atomic mass is 10.1. The first-order valence-corrected chi connectivity index (χ1v) is 5.23. The lowest BCUT2D eigenvalue weighted by Crippen LogP contribution is -2.41. The van der Waals surface area contributed by atoms with Gasteiger partial charge in [0.25, 0.3) is 0 Å². The quantitative estimate of drug-likeness (QED) is 0.500. The van der Waals surface area contributed by atoms with Gasteiger partial charge in [0, 0.05) is 18.0 Å². The molecule has 0 saturated heterocycles. The second-order valence-corrected chi connectivity index (χ2v) is 4.63. The van der Waals surface area contributed by atoms with Crippen molar-refractivity contribution in [3.63, 3.8) is 0 Å². The molecule has 92 valence electrons. The molecule has 0 spiro atoms. The maximum Gasteiger partial charge on any atom is 0.428 e. The number of nitrogens with zero attached hydrogens (tertiary/aromatic N) is 4. The predicted octanol–water partition coefficient (Wildman–Crippen LogP) is 2.24. The Hall–Kier alpha value is -1.69. The number of hydrogen-bond acceptors (Lipinski definition) is 4. The highest BCUT2D eigenvalue weighted by Gasteiger charge is 2.25. The minimum absolute atomic E-state index is 0.132. The van der Waals surface area contributed by atoms with Gasteiger partial charge in [0.15, 0.2) is 0 Å². The first-order valence-electron chi connectivity index (χ1n) is 4.85. The second kappa shape index (κ2) is 5.09. The number of aromatic nitrogens is 2. The van der Waals surface area contributed by atoms with Crippen LogP contribution in [-0.2, 0) is 0 Å². The SMILES string of the molecule is CC(C)(C)N(N=Cc1cnc(Cl)nc1)C(=O)O. The van der Waals surface area contributed by atoms with Gasteiger partial charge in [0.05, 0.1) is 11.8 Å². The molecule has 0 aromatic carbocycles. The monoisotopic (exact) mass is 256 g/mol. The summed E-state index contributed by atoms with van der Waals surface area (Å²) in [6.07, 6.45) is 3.17. The summed E-state index contributed by atoms with van der Waals surface area (Å²) in [7, 11) is 0. The highest BCUT2D eigenvalue weighted by atomic mass is 35.5. The normalized spacial score (nSPS) is 11.8. The van der Waals surface area contributed by atoms with Crippen molar-refractivity contribution in [3.05, 3.63) is 23.2 Å². The van der Waals surface area contributed by atoms with Crippen LogP contribution in [0, 0.1) is 0 Å². The van der Waals surface area contributed by atoms with E-state index in [0.29, 0.717) is 5.56 Å². The lowest BCUT2D eigenvalue weighted by Gasteiger charge is -2.27. The van der Waals surface area contributed by atoms with Gasteiger partial charge in [0.2, 0.25) is 5.28 Å². The average molecular weight is 257 g/mol. The molecule has 1 aromatic rings. The Morgan fingerprint density at radius 1 is 1.47 bits per heavy atom. The van der Waals surface area contributed by atoms with Gasteiger partial charge in [0.1, 0.15) is 0 Å². The molecule has 7 heteroatoms. The van der Waals surface area contributed by atoms with E-state index in [1.54, 1.807) is 20.8 Å². The van der Waals surface area contributed by atoms with E-state index in [0.717, 1.165) is 5.01 Å². The van der Waals surface area contributed by atoms with Crippen molar-refractivity contribution in [2.24, 2.45) is 5.10 Å². The molecule has 0 radical (unpaired) electrons. The van der Waals surface area contributed by atoms with Crippen molar-refractivity contribution in [1.29, 1.82) is 0 Å². The molecule has 6 nitrogen and oxygen atoms in total. The zero-order valence-corrected chi connectivity index (χ0v) is 10.5. The van der Waals surface area contributed by atoms with Crippen molar-refractivity contribution in [2.45, 2.75) is 26.3 Å². The second-order valence-electron chi connectivity index (χ2n) is 4.30. The molecule has 0 aliphatic heterocycles. The predicted molar refractivity (Wildman–Crippen MR) is 64.3 cm³/mol. The number of hydrogen-bond donors (Lipinski definition) is 1. The van der Waals surface area contributed by atoms with E-state index in [1.807, 2.05) is 0 Å². The van der Waals surface area contributed by atoms with Crippen LogP contribution in [0.2, 0.25) is 5.28 Å². The third kappa shape index (κ3) is 3.99. The summed E-state index contributed by atoms with van der Waals surface area (Å²) in [4.78, 5) is 18.5. The summed E-state index contributed by atoms with van der Waals surface area (Å²) in [5.74, 6) is 0. The molecule has 0 atom stereocenters. The van der Waals surface area contributed by atoms with Crippen LogP contribution < -0.4 is 0 Å². The Labute approximate surface area is 104 Å². The Balaban J connectivity index is 2.87. The number of hydrazone groups is 1. The number of halogens is 1. The Bertz CT molecular complexity index is 425. The molecule has 0 unspecified atom stereocenters. The first-order chi connectivity index (χ1) is 7.80. The molecule has 1 N–H and O–H groups in total. The van der Waals surface area contributed by atoms with Crippen molar-refractivity contribution in [3.8, 4) is 0 Å². The highest BCUT2D eigenvalue weighted by molar-refractivity contribution is 6.28. The van der Waals surface area contributed by atoms with Crippen molar-refractivity contribution < 1.29 is 9.90 Å². The smallest absolute Gasteiger partial charge is 0.428 e. The van der Waals surface area contributed by atoms with E-state index < -0.39 is 11.6 Å². The van der Waals surface area contributed by atoms with Gasteiger partial charge in [-0.15, -0.1) is 0 Å². The molecule has 0 aliphatic carbocycles. The van der Waals surface area contributed by atoms with Crippen LogP contribution in [0.3, 0.4) is 0 Å². The topological polar surface area (TPSA) is 78.7 Å². The summed E-state index contributed by atoms with van der Waals surface area (Å²) in [5.41, 5.74) is -0.0415. The molecule has 17 heavy (non-hydrogen) atoms. The van der Waals surface area contributed by atoms with Gasteiger partial charge in [-0.3, -0.25) is 0 Å². The number of rotatable bonds is 2. The van der Waals surface area contributed by atoms with Crippen LogP contribution in [0.4, 0.5) is 4.79 Å². The van der Waals surface area contributed by atoms with Crippen LogP contribution in [0.25, 0.3) is 0 Å². The first kappa shape index (κ1) is 13.4. The third-order valence-electron chi connectivity index (χ3n) is 1.78. The summed E-state index contributed by atoms with van der Waals surface area (Å²) < 4.78 is 0. The van der Waals surface area contributed by atoms with Gasteiger partial charge in [-0.25, -0.2) is 14.8 Å². The number of carbonyl (C=O) groups is 1. The van der Waals surface area contributed by atoms with Crippen LogP contribution in [0.5, 0.6) is 0 Å². The standard InChI is InChI=1S/C10H13ClN4O2/c1-10(2,3)15(9(16)17)14-6-7-4-12-8(11)13-5-7/h4-6H,1-3H3,(H,16,17). The fraction of sp³-hybridized carbons (Fsp3) is 0.400. The fourth-order valence-corrected chi connectivity index (χ4v) is 1.12. The van der Waals surface area contributed by atoms with Crippen LogP contribution in [0.15, 0.2) is 17.5 Å². The Kier molecular flexibility index (Phi) is 4.01. The van der Waals surface area contributed by atoms with E-state index in [2.05, 4.69) is 15.1 Å². The highest BCUT2D eigenvalue weighted by Crippen LogP contribution is 2.13. The molecule has 0 saturated carbocycles. The summed E-state index contributed by atoms with van der Waals surface area (Å²) in [6, 6.07) is 0. The van der Waals surface area contributed by atoms with Crippen LogP contribution in [0.1, 0.15) is 26.3 Å². The fourth-order valence-electron chi connectivity index (χ4n) is 1.02. The lowest BCUT2D eigenvalue weighted by molar-refractivity contribution is 0.103. The third-order valence-corrected chi connectivity index (χ3v) is 1.97. The largest absolute Gasteiger partial charge is 0.464 e. The zero-order chi connectivity index (χ0) is 13.1. The number of amides is 1. The minimum Gasteiger partial charge on any atom is -0.464 e. The van der Waals surface area contributed by atoms with Gasteiger partial charge in [-0.05, 0) is 32.4 Å². The maximum absolute atomic E-state index is 11.0. The van der Waals surface area contributed by atoms with E-state index >= 15 is 0 Å². The van der Waals surface area contributed by atoms with E-state index in [-0.39, 0.29) is 5.28 Å². The molecule has 1 heterocycles. The van der Waals surface area contributed by atoms with Crippen LogP contribution >= 0.6 is 11.6 Å². The molecule has 1 rings (SSSR count). The Morgan fingerprint density at radius 3 is 2.41 bits per heavy atom. The molecule has 1 aromatic heterocycles. The summed E-state index contributed by atoms with van der Waals surface area (Å²) >= 11 is 5.53. The number of carboxylic acid groups (broad SMARTS) is 1. The summed E-state index contributed by atoms with van der Waals surface area (Å²) in [6.45, 7) is 5.24. The van der Waals surface area contributed by atoms with E-state index in [4.69, 9.17) is 16.7 Å². The average Bonchev–Trinajstić information content (AvgIpc) is 2.18. The van der Waals surface area contributed by atoms with Gasteiger partial charge in [-0.2, -0.15) is 10.1 Å². The van der Waals surface area contributed by atoms with Crippen molar-refractivity contribution in [2.75, 3.05) is 0 Å². The van der Waals surface area contributed by atoms with Crippen LogP contribution in [-0.4, -0.2) is 37.9 Å². The van der Waals surface area contributed by atoms with Gasteiger partial charge >= 0.3 is 6.09 Å². The molecule has 0 aliphatic rings. The molecule has 1 amide bonds. The molecular weight excluding hydrogens is 244 g/mol. The van der Waals surface area contributed by atoms with Crippen molar-refractivity contribution >= 4 is 23.9 Å². The van der Waals surface area contributed by atoms with E-state index in [1.165, 1.54) is 18.6 Å². The summed E-state index contributed by atoms with van der Waals surface area (Å²) in [5, 5.41) is 14.0. The zero-order valence-electron chi connectivity index (χ0n) is 9.75. The van der Waals surface area contributed by atoms with Crippen molar-refractivity contribution in [1.82, 2.24) is 15.0 Å². The van der Waals surface area contributed by atoms with Gasteiger partial charge < -0.3 is 5.11 Å². The Morgan fingerprint density at radius 2 is 2.00 bits per heavy atom. The van der Waals surface area contributed by atoms with Gasteiger partial charge in [-0.1, -0.05) is 0 Å². The molecule has 0 fully saturated rings. The molecule has 0 bridgehead atoms. The minimum atomic E-state index is -1.12. The van der Waals surface area contributed by atoms with E-state index in [9.17, 15) is 4.79 Å².